The summed E-state index contributed by atoms with van der Waals surface area (Å²) in [6.07, 6.45) is 0.930. The fourth-order valence-corrected chi connectivity index (χ4v) is 3.07. The summed E-state index contributed by atoms with van der Waals surface area (Å²) in [7, 11) is 0. The summed E-state index contributed by atoms with van der Waals surface area (Å²) in [5.41, 5.74) is 3.14. The number of halogens is 2. The fourth-order valence-electron chi connectivity index (χ4n) is 2.80. The van der Waals surface area contributed by atoms with E-state index in [2.05, 4.69) is 11.4 Å². The molecule has 1 aliphatic rings. The summed E-state index contributed by atoms with van der Waals surface area (Å²) in [5, 5.41) is 3.85. The van der Waals surface area contributed by atoms with Crippen molar-refractivity contribution < 1.29 is 9.13 Å². The van der Waals surface area contributed by atoms with Crippen molar-refractivity contribution in [3.8, 4) is 5.75 Å². The highest BCUT2D eigenvalue weighted by Gasteiger charge is 2.24. The predicted molar refractivity (Wildman–Crippen MR) is 82.6 cm³/mol. The quantitative estimate of drug-likeness (QED) is 0.917. The number of para-hydroxylation sites is 1. The first-order chi connectivity index (χ1) is 10.2. The molecule has 3 rings (SSSR count). The molecular weight excluding hydrogens is 289 g/mol. The van der Waals surface area contributed by atoms with Gasteiger partial charge in [-0.1, -0.05) is 42.8 Å². The van der Waals surface area contributed by atoms with Crippen LogP contribution in [0.5, 0.6) is 5.75 Å². The number of hydrogen-bond acceptors (Lipinski definition) is 2. The van der Waals surface area contributed by atoms with Crippen LogP contribution in [-0.2, 0) is 6.42 Å². The van der Waals surface area contributed by atoms with Crippen LogP contribution in [-0.4, -0.2) is 13.2 Å². The normalized spacial score (nSPS) is 14.6. The van der Waals surface area contributed by atoms with E-state index in [1.807, 2.05) is 19.1 Å². The molecule has 21 heavy (non-hydrogen) atoms. The van der Waals surface area contributed by atoms with Gasteiger partial charge in [0.05, 0.1) is 12.6 Å². The maximum Gasteiger partial charge on any atom is 0.127 e. The minimum atomic E-state index is -0.325. The van der Waals surface area contributed by atoms with Crippen molar-refractivity contribution in [3.05, 3.63) is 63.9 Å². The third-order valence-electron chi connectivity index (χ3n) is 3.74. The van der Waals surface area contributed by atoms with Gasteiger partial charge in [0.1, 0.15) is 11.6 Å². The van der Waals surface area contributed by atoms with Crippen molar-refractivity contribution in [2.24, 2.45) is 0 Å². The second kappa shape index (κ2) is 6.04. The first kappa shape index (κ1) is 14.4. The molecule has 2 aromatic carbocycles. The Morgan fingerprint density at radius 2 is 2.14 bits per heavy atom. The number of rotatable bonds is 4. The highest BCUT2D eigenvalue weighted by Crippen LogP contribution is 2.38. The molecule has 1 aliphatic heterocycles. The van der Waals surface area contributed by atoms with E-state index in [1.54, 1.807) is 6.07 Å². The summed E-state index contributed by atoms with van der Waals surface area (Å²) in [4.78, 5) is 0. The van der Waals surface area contributed by atoms with Crippen LogP contribution in [0.15, 0.2) is 36.4 Å². The Labute approximate surface area is 128 Å². The van der Waals surface area contributed by atoms with E-state index < -0.39 is 0 Å². The molecular formula is C17H17ClFNO. The van der Waals surface area contributed by atoms with Gasteiger partial charge in [0.15, 0.2) is 0 Å². The van der Waals surface area contributed by atoms with Crippen LogP contribution in [0.2, 0.25) is 5.02 Å². The van der Waals surface area contributed by atoms with Gasteiger partial charge in [0, 0.05) is 17.0 Å². The summed E-state index contributed by atoms with van der Waals surface area (Å²) in [6.45, 7) is 3.53. The molecule has 110 valence electrons. The van der Waals surface area contributed by atoms with Crippen LogP contribution >= 0.6 is 11.6 Å². The van der Waals surface area contributed by atoms with Crippen molar-refractivity contribution >= 4 is 11.6 Å². The van der Waals surface area contributed by atoms with E-state index in [4.69, 9.17) is 16.3 Å². The molecule has 0 spiro atoms. The smallest absolute Gasteiger partial charge is 0.127 e. The Balaban J connectivity index is 2.08. The fraction of sp³-hybridized carbons (Fsp3) is 0.294. The Bertz CT molecular complexity index is 659. The molecule has 4 heteroatoms. The Morgan fingerprint density at radius 1 is 1.29 bits per heavy atom. The van der Waals surface area contributed by atoms with E-state index in [9.17, 15) is 4.39 Å². The van der Waals surface area contributed by atoms with Crippen LogP contribution in [0.3, 0.4) is 0 Å². The molecule has 0 bridgehead atoms. The number of nitrogens with one attached hydrogen (secondary N) is 1. The molecule has 0 fully saturated rings. The minimum Gasteiger partial charge on any atom is -0.493 e. The molecule has 1 heterocycles. The summed E-state index contributed by atoms with van der Waals surface area (Å²) >= 11 is 6.24. The molecule has 0 aliphatic carbocycles. The van der Waals surface area contributed by atoms with Crippen LogP contribution in [0, 0.1) is 5.82 Å². The van der Waals surface area contributed by atoms with Crippen LogP contribution < -0.4 is 10.1 Å². The van der Waals surface area contributed by atoms with Crippen molar-refractivity contribution in [2.75, 3.05) is 13.2 Å². The van der Waals surface area contributed by atoms with E-state index in [0.29, 0.717) is 11.6 Å². The molecule has 2 nitrogen and oxygen atoms in total. The van der Waals surface area contributed by atoms with E-state index >= 15 is 0 Å². The van der Waals surface area contributed by atoms with E-state index in [1.165, 1.54) is 17.7 Å². The van der Waals surface area contributed by atoms with Gasteiger partial charge in [-0.15, -0.1) is 0 Å². The Kier molecular flexibility index (Phi) is 4.13. The molecule has 0 amide bonds. The lowest BCUT2D eigenvalue weighted by molar-refractivity contribution is 0.350. The topological polar surface area (TPSA) is 21.3 Å². The van der Waals surface area contributed by atoms with Crippen molar-refractivity contribution in [3.63, 3.8) is 0 Å². The van der Waals surface area contributed by atoms with Crippen LogP contribution in [0.1, 0.15) is 29.7 Å². The lowest BCUT2D eigenvalue weighted by Gasteiger charge is -2.22. The Hall–Kier alpha value is -1.58. The maximum atomic E-state index is 13.3. The van der Waals surface area contributed by atoms with Crippen molar-refractivity contribution in [2.45, 2.75) is 19.4 Å². The number of hydrogen-bond donors (Lipinski definition) is 1. The highest BCUT2D eigenvalue weighted by molar-refractivity contribution is 6.31. The molecule has 0 saturated carbocycles. The summed E-state index contributed by atoms with van der Waals surface area (Å²) < 4.78 is 19.1. The largest absolute Gasteiger partial charge is 0.493 e. The predicted octanol–water partition coefficient (Wildman–Crippen LogP) is 4.11. The third-order valence-corrected chi connectivity index (χ3v) is 4.06. The Morgan fingerprint density at radius 3 is 2.90 bits per heavy atom. The zero-order chi connectivity index (χ0) is 14.8. The first-order valence-corrected chi connectivity index (χ1v) is 7.51. The van der Waals surface area contributed by atoms with Gasteiger partial charge in [-0.2, -0.15) is 0 Å². The van der Waals surface area contributed by atoms with E-state index in [0.717, 1.165) is 29.8 Å². The number of fused-ring (bicyclic) bond motifs is 1. The number of benzene rings is 2. The second-order valence-corrected chi connectivity index (χ2v) is 5.50. The lowest BCUT2D eigenvalue weighted by atomic mass is 9.95. The maximum absolute atomic E-state index is 13.3. The average molecular weight is 306 g/mol. The zero-order valence-corrected chi connectivity index (χ0v) is 12.6. The van der Waals surface area contributed by atoms with Gasteiger partial charge >= 0.3 is 0 Å². The standard InChI is InChI=1S/C17H17ClFNO/c1-2-20-16(13-7-6-12(19)10-15(13)18)14-5-3-4-11-8-9-21-17(11)14/h3-7,10,16,20H,2,8-9H2,1H3. The van der Waals surface area contributed by atoms with Gasteiger partial charge in [0.25, 0.3) is 0 Å². The second-order valence-electron chi connectivity index (χ2n) is 5.09. The molecule has 1 unspecified atom stereocenters. The molecule has 1 N–H and O–H groups in total. The zero-order valence-electron chi connectivity index (χ0n) is 11.8. The third kappa shape index (κ3) is 2.76. The first-order valence-electron chi connectivity index (χ1n) is 7.13. The van der Waals surface area contributed by atoms with Gasteiger partial charge in [0.2, 0.25) is 0 Å². The average Bonchev–Trinajstić information content (AvgIpc) is 2.94. The molecule has 1 atom stereocenters. The highest BCUT2D eigenvalue weighted by atomic mass is 35.5. The van der Waals surface area contributed by atoms with Gasteiger partial charge in [-0.25, -0.2) is 4.39 Å². The van der Waals surface area contributed by atoms with Crippen LogP contribution in [0.25, 0.3) is 0 Å². The number of ether oxygens (including phenoxy) is 1. The summed E-state index contributed by atoms with van der Waals surface area (Å²) in [6, 6.07) is 10.6. The van der Waals surface area contributed by atoms with Gasteiger partial charge in [-0.3, -0.25) is 0 Å². The van der Waals surface area contributed by atoms with E-state index in [-0.39, 0.29) is 11.9 Å². The van der Waals surface area contributed by atoms with Crippen molar-refractivity contribution in [1.82, 2.24) is 5.32 Å². The van der Waals surface area contributed by atoms with Crippen molar-refractivity contribution in [1.29, 1.82) is 0 Å². The molecule has 2 aromatic rings. The molecule has 0 aromatic heterocycles. The summed E-state index contributed by atoms with van der Waals surface area (Å²) in [5.74, 6) is 0.609. The minimum absolute atomic E-state index is 0.101. The molecule has 0 radical (unpaired) electrons. The van der Waals surface area contributed by atoms with Gasteiger partial charge < -0.3 is 10.1 Å². The lowest BCUT2D eigenvalue weighted by Crippen LogP contribution is -2.23. The van der Waals surface area contributed by atoms with Crippen LogP contribution in [0.4, 0.5) is 4.39 Å². The SMILES string of the molecule is CCNC(c1ccc(F)cc1Cl)c1cccc2c1OCC2. The molecule has 0 saturated heterocycles. The monoisotopic (exact) mass is 305 g/mol. The van der Waals surface area contributed by atoms with Gasteiger partial charge in [-0.05, 0) is 29.8 Å².